The van der Waals surface area contributed by atoms with Crippen molar-refractivity contribution in [1.82, 2.24) is 0 Å². The van der Waals surface area contributed by atoms with Gasteiger partial charge in [-0.2, -0.15) is 0 Å². The molecule has 10 N–H and O–H groups in total. The zero-order chi connectivity index (χ0) is 34.1. The highest BCUT2D eigenvalue weighted by atomic mass is 16.7. The van der Waals surface area contributed by atoms with Gasteiger partial charge in [0.2, 0.25) is 5.78 Å². The number of aliphatic carboxylic acids is 1. The third-order valence-corrected chi connectivity index (χ3v) is 8.40. The van der Waals surface area contributed by atoms with Gasteiger partial charge < -0.3 is 56.3 Å². The largest absolute Gasteiger partial charge is 0.507 e. The van der Waals surface area contributed by atoms with E-state index in [1.165, 1.54) is 25.3 Å². The summed E-state index contributed by atoms with van der Waals surface area (Å²) in [5.74, 6) is -4.55. The molecule has 2 aliphatic carbocycles. The molecule has 0 amide bonds. The average molecular weight is 647 g/mol. The number of carboxylic acids is 1. The molecule has 0 spiro atoms. The van der Waals surface area contributed by atoms with Gasteiger partial charge in [-0.3, -0.25) is 19.2 Å². The molecule has 3 aliphatic rings. The van der Waals surface area contributed by atoms with Crippen LogP contribution in [0.15, 0.2) is 18.2 Å². The SMILES string of the molecule is COc1cccc2c1C(=O)c1c(O)c3c(c(O)c1C2=O)C[C@@](O)(C(=O)CO)C[C@@H]3O[C@H]1C[C@H](N)[C@H](O)[C@H](C)O1.NCCCC(=O)O. The van der Waals surface area contributed by atoms with E-state index >= 15 is 0 Å². The molecule has 6 atom stereocenters. The number of fused-ring (bicyclic) bond motifs is 3. The van der Waals surface area contributed by atoms with Crippen molar-refractivity contribution in [3.8, 4) is 17.2 Å². The molecule has 0 aromatic heterocycles. The number of ketones is 3. The molecule has 0 radical (unpaired) electrons. The minimum absolute atomic E-state index is 0.0173. The van der Waals surface area contributed by atoms with Crippen LogP contribution in [0.1, 0.15) is 81.7 Å². The fourth-order valence-corrected chi connectivity index (χ4v) is 6.00. The Bertz CT molecular complexity index is 1530. The van der Waals surface area contributed by atoms with Gasteiger partial charge in [-0.25, -0.2) is 0 Å². The van der Waals surface area contributed by atoms with E-state index in [4.69, 9.17) is 30.8 Å². The molecule has 1 heterocycles. The topological polar surface area (TPSA) is 269 Å². The maximum Gasteiger partial charge on any atom is 0.303 e. The van der Waals surface area contributed by atoms with Gasteiger partial charge in [-0.1, -0.05) is 12.1 Å². The Balaban J connectivity index is 0.000000617. The number of rotatable bonds is 8. The van der Waals surface area contributed by atoms with Crippen molar-refractivity contribution in [1.29, 1.82) is 0 Å². The van der Waals surface area contributed by atoms with Crippen LogP contribution in [0, 0.1) is 0 Å². The smallest absolute Gasteiger partial charge is 0.303 e. The molecule has 15 heteroatoms. The van der Waals surface area contributed by atoms with E-state index in [1.54, 1.807) is 6.92 Å². The number of hydrogen-bond donors (Lipinski definition) is 8. The van der Waals surface area contributed by atoms with Crippen molar-refractivity contribution in [3.63, 3.8) is 0 Å². The quantitative estimate of drug-likeness (QED) is 0.147. The monoisotopic (exact) mass is 646 g/mol. The first-order chi connectivity index (χ1) is 21.7. The van der Waals surface area contributed by atoms with E-state index in [1.807, 2.05) is 0 Å². The third kappa shape index (κ3) is 6.35. The lowest BCUT2D eigenvalue weighted by atomic mass is 9.72. The number of aromatic hydroxyl groups is 2. The average Bonchev–Trinajstić information content (AvgIpc) is 3.02. The summed E-state index contributed by atoms with van der Waals surface area (Å²) in [6.07, 6.45) is -4.35. The minimum Gasteiger partial charge on any atom is -0.507 e. The highest BCUT2D eigenvalue weighted by Gasteiger charge is 2.50. The highest BCUT2D eigenvalue weighted by Crippen LogP contribution is 2.52. The Morgan fingerprint density at radius 3 is 2.35 bits per heavy atom. The minimum atomic E-state index is -2.24. The summed E-state index contributed by atoms with van der Waals surface area (Å²) in [4.78, 5) is 49.4. The fourth-order valence-electron chi connectivity index (χ4n) is 6.00. The second-order valence-electron chi connectivity index (χ2n) is 11.4. The standard InChI is InChI=1S/C27H29NO11.C4H9NO2/c1-10-22(31)13(28)6-17(38-10)39-15-8-27(36,16(30)9-29)7-12-19(15)26(35)21-20(24(12)33)23(32)11-4-3-5-14(37-2)18(11)25(21)34;5-3-1-2-4(6)7/h3-5,10,13,15,17,22,29,31,33,35-36H,6-9,28H2,1-2H3;1-3,5H2,(H,6,7)/t10-,13-,15-,17-,22+,27-;/m0./s1. The predicted molar refractivity (Wildman–Crippen MR) is 158 cm³/mol. The summed E-state index contributed by atoms with van der Waals surface area (Å²) in [5.41, 5.74) is 7.39. The van der Waals surface area contributed by atoms with Crippen LogP contribution in [0.2, 0.25) is 0 Å². The van der Waals surface area contributed by atoms with Crippen molar-refractivity contribution >= 4 is 23.3 Å². The van der Waals surface area contributed by atoms with Crippen molar-refractivity contribution in [2.24, 2.45) is 11.5 Å². The lowest BCUT2D eigenvalue weighted by Gasteiger charge is -2.42. The second kappa shape index (κ2) is 13.8. The Labute approximate surface area is 263 Å². The van der Waals surface area contributed by atoms with Crippen LogP contribution in [0.4, 0.5) is 0 Å². The molecule has 46 heavy (non-hydrogen) atoms. The Hall–Kier alpha value is -3.96. The molecule has 0 unspecified atom stereocenters. The van der Waals surface area contributed by atoms with Gasteiger partial charge in [0, 0.05) is 48.4 Å². The van der Waals surface area contributed by atoms with Gasteiger partial charge in [0.1, 0.15) is 29.5 Å². The number of benzene rings is 2. The summed E-state index contributed by atoms with van der Waals surface area (Å²) < 4.78 is 17.0. The van der Waals surface area contributed by atoms with Gasteiger partial charge in [0.25, 0.3) is 0 Å². The molecule has 1 aliphatic heterocycles. The molecule has 1 saturated heterocycles. The Morgan fingerprint density at radius 1 is 1.11 bits per heavy atom. The molecule has 0 saturated carbocycles. The van der Waals surface area contributed by atoms with E-state index in [2.05, 4.69) is 0 Å². The van der Waals surface area contributed by atoms with Crippen molar-refractivity contribution in [3.05, 3.63) is 51.6 Å². The first-order valence-corrected chi connectivity index (χ1v) is 14.6. The van der Waals surface area contributed by atoms with Gasteiger partial charge >= 0.3 is 5.97 Å². The second-order valence-corrected chi connectivity index (χ2v) is 11.4. The van der Waals surface area contributed by atoms with E-state index in [-0.39, 0.29) is 40.8 Å². The molecule has 2 aromatic carbocycles. The van der Waals surface area contributed by atoms with Crippen LogP contribution in [-0.4, -0.2) is 104 Å². The Morgan fingerprint density at radius 2 is 1.78 bits per heavy atom. The number of carbonyl (C=O) groups is 4. The van der Waals surface area contributed by atoms with Crippen molar-refractivity contribution < 1.29 is 64.0 Å². The maximum absolute atomic E-state index is 13.6. The summed E-state index contributed by atoms with van der Waals surface area (Å²) >= 11 is 0. The number of phenolic OH excluding ortho intramolecular Hbond substituents is 2. The van der Waals surface area contributed by atoms with Crippen LogP contribution in [-0.2, 0) is 25.5 Å². The number of hydrogen-bond acceptors (Lipinski definition) is 14. The first kappa shape index (κ1) is 34.9. The van der Waals surface area contributed by atoms with E-state index in [0.29, 0.717) is 13.0 Å². The number of Topliss-reactive ketones (excluding diaryl/α,β-unsaturated/α-hetero) is 1. The lowest BCUT2D eigenvalue weighted by molar-refractivity contribution is -0.247. The number of aliphatic hydroxyl groups excluding tert-OH is 2. The lowest BCUT2D eigenvalue weighted by Crippen LogP contribution is -2.53. The zero-order valence-electron chi connectivity index (χ0n) is 25.3. The third-order valence-electron chi connectivity index (χ3n) is 8.40. The maximum atomic E-state index is 13.6. The van der Waals surface area contributed by atoms with Crippen molar-refractivity contribution in [2.75, 3.05) is 20.3 Å². The molecule has 1 fully saturated rings. The predicted octanol–water partition coefficient (Wildman–Crippen LogP) is -0.189. The Kier molecular flexibility index (Phi) is 10.5. The number of aliphatic hydroxyl groups is 3. The molecule has 2 aromatic rings. The zero-order valence-corrected chi connectivity index (χ0v) is 25.3. The van der Waals surface area contributed by atoms with Crippen LogP contribution in [0.3, 0.4) is 0 Å². The number of carboxylic acid groups (broad SMARTS) is 1. The van der Waals surface area contributed by atoms with Crippen LogP contribution >= 0.6 is 0 Å². The highest BCUT2D eigenvalue weighted by molar-refractivity contribution is 6.31. The summed E-state index contributed by atoms with van der Waals surface area (Å²) in [6.45, 7) is 1.02. The number of phenols is 2. The molecule has 250 valence electrons. The molecule has 0 bridgehead atoms. The summed E-state index contributed by atoms with van der Waals surface area (Å²) in [7, 11) is 1.32. The van der Waals surface area contributed by atoms with E-state index in [9.17, 15) is 44.7 Å². The first-order valence-electron chi connectivity index (χ1n) is 14.6. The number of nitrogens with two attached hydrogens (primary N) is 2. The van der Waals surface area contributed by atoms with Crippen LogP contribution < -0.4 is 16.2 Å². The molecule has 5 rings (SSSR count). The van der Waals surface area contributed by atoms with Gasteiger partial charge in [-0.05, 0) is 26.0 Å². The van der Waals surface area contributed by atoms with E-state index < -0.39 is 102 Å². The van der Waals surface area contributed by atoms with Gasteiger partial charge in [-0.15, -0.1) is 0 Å². The molecular weight excluding hydrogens is 608 g/mol. The molecular formula is C31H38N2O13. The van der Waals surface area contributed by atoms with Gasteiger partial charge in [0.15, 0.2) is 17.9 Å². The van der Waals surface area contributed by atoms with Gasteiger partial charge in [0.05, 0.1) is 42.1 Å². The molecule has 15 nitrogen and oxygen atoms in total. The summed E-state index contributed by atoms with van der Waals surface area (Å²) in [5, 5.41) is 61.7. The fraction of sp³-hybridized carbons (Fsp3) is 0.484. The number of carbonyl (C=O) groups excluding carboxylic acids is 3. The normalized spacial score (nSPS) is 26.6. The van der Waals surface area contributed by atoms with E-state index in [0.717, 1.165) is 0 Å². The van der Waals surface area contributed by atoms with Crippen molar-refractivity contribution in [2.45, 2.75) is 75.3 Å². The van der Waals surface area contributed by atoms with Crippen LogP contribution in [0.25, 0.3) is 0 Å². The number of methoxy groups -OCH3 is 1. The summed E-state index contributed by atoms with van der Waals surface area (Å²) in [6, 6.07) is 3.64. The number of ether oxygens (including phenoxy) is 3. The van der Waals surface area contributed by atoms with Crippen LogP contribution in [0.5, 0.6) is 17.2 Å².